The van der Waals surface area contributed by atoms with E-state index in [4.69, 9.17) is 5.11 Å². The van der Waals surface area contributed by atoms with Crippen LogP contribution >= 0.6 is 0 Å². The molecule has 2 heteroatoms. The van der Waals surface area contributed by atoms with E-state index in [0.717, 1.165) is 0 Å². The molecule has 0 radical (unpaired) electrons. The van der Waals surface area contributed by atoms with Gasteiger partial charge in [0, 0.05) is 6.61 Å². The van der Waals surface area contributed by atoms with Crippen LogP contribution in [0.3, 0.4) is 0 Å². The molecule has 0 atom stereocenters. The third-order valence-corrected chi connectivity index (χ3v) is 2.22. The third-order valence-electron chi connectivity index (χ3n) is 2.22. The summed E-state index contributed by atoms with van der Waals surface area (Å²) in [6.07, 6.45) is 4.80. The zero-order valence-electron chi connectivity index (χ0n) is 5.84. The quantitative estimate of drug-likeness (QED) is 0.506. The van der Waals surface area contributed by atoms with Crippen LogP contribution < -0.4 is 5.73 Å². The van der Waals surface area contributed by atoms with Gasteiger partial charge in [0.05, 0.1) is 6.04 Å². The molecule has 2 nitrogen and oxygen atoms in total. The van der Waals surface area contributed by atoms with Gasteiger partial charge in [-0.2, -0.15) is 0 Å². The summed E-state index contributed by atoms with van der Waals surface area (Å²) in [7, 11) is 0. The average Bonchev–Trinajstić information content (AvgIpc) is 1.90. The first-order valence-electron chi connectivity index (χ1n) is 3.77. The maximum Gasteiger partial charge on any atom is 0.0843 e. The van der Waals surface area contributed by atoms with Gasteiger partial charge < -0.3 is 10.8 Å². The van der Waals surface area contributed by atoms with Crippen LogP contribution in [0.25, 0.3) is 0 Å². The maximum absolute atomic E-state index is 8.76. The van der Waals surface area contributed by atoms with Crippen LogP contribution in [0.1, 0.15) is 25.7 Å². The second-order valence-electron chi connectivity index (χ2n) is 3.07. The molecule has 0 spiro atoms. The predicted octanol–water partition coefficient (Wildman–Crippen LogP) is -0.221. The monoisotopic (exact) mass is 130 g/mol. The Morgan fingerprint density at radius 1 is 1.22 bits per heavy atom. The van der Waals surface area contributed by atoms with E-state index in [1.165, 1.54) is 25.7 Å². The second-order valence-corrected chi connectivity index (χ2v) is 3.07. The van der Waals surface area contributed by atoms with Gasteiger partial charge in [-0.05, 0) is 31.6 Å². The van der Waals surface area contributed by atoms with Gasteiger partial charge in [-0.1, -0.05) is 0 Å². The molecule has 1 rings (SSSR count). The lowest BCUT2D eigenvalue weighted by Gasteiger charge is -2.21. The van der Waals surface area contributed by atoms with Crippen molar-refractivity contribution in [3.8, 4) is 0 Å². The molecule has 54 valence electrons. The summed E-state index contributed by atoms with van der Waals surface area (Å²) < 4.78 is 0. The number of quaternary nitrogens is 1. The Balaban J connectivity index is 2.18. The Kier molecular flexibility index (Phi) is 2.49. The topological polar surface area (TPSA) is 47.9 Å². The highest BCUT2D eigenvalue weighted by Crippen LogP contribution is 2.21. The zero-order valence-corrected chi connectivity index (χ0v) is 5.84. The average molecular weight is 130 g/mol. The second kappa shape index (κ2) is 3.18. The molecule has 0 aromatic heterocycles. The van der Waals surface area contributed by atoms with Gasteiger partial charge in [-0.15, -0.1) is 0 Å². The van der Waals surface area contributed by atoms with E-state index in [1.54, 1.807) is 0 Å². The van der Waals surface area contributed by atoms with Gasteiger partial charge in [-0.3, -0.25) is 0 Å². The molecule has 0 amide bonds. The molecular weight excluding hydrogens is 114 g/mol. The van der Waals surface area contributed by atoms with E-state index >= 15 is 0 Å². The van der Waals surface area contributed by atoms with Crippen LogP contribution in [-0.4, -0.2) is 17.8 Å². The van der Waals surface area contributed by atoms with Crippen LogP contribution in [0, 0.1) is 5.92 Å². The summed E-state index contributed by atoms with van der Waals surface area (Å²) in [6, 6.07) is 0.660. The minimum absolute atomic E-state index is 0.382. The minimum atomic E-state index is 0.382. The summed E-state index contributed by atoms with van der Waals surface area (Å²) in [6.45, 7) is 0.382. The molecule has 0 saturated heterocycles. The molecule has 4 N–H and O–H groups in total. The van der Waals surface area contributed by atoms with Crippen molar-refractivity contribution in [2.75, 3.05) is 6.61 Å². The van der Waals surface area contributed by atoms with Gasteiger partial charge in [0.25, 0.3) is 0 Å². The summed E-state index contributed by atoms with van der Waals surface area (Å²) in [5.41, 5.74) is 3.98. The number of aliphatic hydroxyl groups is 1. The lowest BCUT2D eigenvalue weighted by molar-refractivity contribution is -0.426. The summed E-state index contributed by atoms with van der Waals surface area (Å²) in [5, 5.41) is 8.76. The van der Waals surface area contributed by atoms with E-state index in [-0.39, 0.29) is 0 Å². The molecule has 0 bridgehead atoms. The van der Waals surface area contributed by atoms with Crippen LogP contribution in [0.5, 0.6) is 0 Å². The van der Waals surface area contributed by atoms with E-state index in [1.807, 2.05) is 0 Å². The maximum atomic E-state index is 8.76. The number of hydrogen-bond donors (Lipinski definition) is 2. The molecule has 1 aliphatic carbocycles. The van der Waals surface area contributed by atoms with Crippen LogP contribution in [0.4, 0.5) is 0 Å². The van der Waals surface area contributed by atoms with Crippen LogP contribution in [0.15, 0.2) is 0 Å². The zero-order chi connectivity index (χ0) is 6.69. The lowest BCUT2D eigenvalue weighted by Crippen LogP contribution is -2.61. The normalized spacial score (nSPS) is 36.7. The summed E-state index contributed by atoms with van der Waals surface area (Å²) >= 11 is 0. The number of aliphatic hydroxyl groups excluding tert-OH is 1. The fraction of sp³-hybridized carbons (Fsp3) is 1.00. The van der Waals surface area contributed by atoms with Gasteiger partial charge in [-0.25, -0.2) is 0 Å². The van der Waals surface area contributed by atoms with Crippen molar-refractivity contribution in [3.05, 3.63) is 0 Å². The van der Waals surface area contributed by atoms with E-state index in [2.05, 4.69) is 5.73 Å². The Morgan fingerprint density at radius 2 is 1.78 bits per heavy atom. The molecule has 1 saturated carbocycles. The molecule has 0 heterocycles. The van der Waals surface area contributed by atoms with Crippen molar-refractivity contribution in [2.45, 2.75) is 31.7 Å². The van der Waals surface area contributed by atoms with Gasteiger partial charge in [0.1, 0.15) is 0 Å². The minimum Gasteiger partial charge on any atom is -0.396 e. The lowest BCUT2D eigenvalue weighted by atomic mass is 9.87. The first-order valence-corrected chi connectivity index (χ1v) is 3.77. The third kappa shape index (κ3) is 1.95. The van der Waals surface area contributed by atoms with Crippen LogP contribution in [0.2, 0.25) is 0 Å². The Hall–Kier alpha value is -0.0800. The molecule has 9 heavy (non-hydrogen) atoms. The SMILES string of the molecule is [NH3+]C1CCC(CO)CC1. The molecule has 1 fully saturated rings. The Labute approximate surface area is 56.1 Å². The first-order chi connectivity index (χ1) is 4.33. The largest absolute Gasteiger partial charge is 0.396 e. The highest BCUT2D eigenvalue weighted by Gasteiger charge is 2.19. The van der Waals surface area contributed by atoms with Crippen molar-refractivity contribution in [1.29, 1.82) is 0 Å². The fourth-order valence-electron chi connectivity index (χ4n) is 1.41. The van der Waals surface area contributed by atoms with Crippen molar-refractivity contribution >= 4 is 0 Å². The van der Waals surface area contributed by atoms with Crippen molar-refractivity contribution in [2.24, 2.45) is 5.92 Å². The van der Waals surface area contributed by atoms with Gasteiger partial charge >= 0.3 is 0 Å². The smallest absolute Gasteiger partial charge is 0.0843 e. The van der Waals surface area contributed by atoms with Crippen molar-refractivity contribution in [3.63, 3.8) is 0 Å². The molecule has 0 aliphatic heterocycles. The highest BCUT2D eigenvalue weighted by atomic mass is 16.3. The van der Waals surface area contributed by atoms with Crippen LogP contribution in [-0.2, 0) is 0 Å². The first kappa shape index (κ1) is 7.03. The molecule has 0 aromatic rings. The number of hydrogen-bond acceptors (Lipinski definition) is 1. The van der Waals surface area contributed by atoms with E-state index in [0.29, 0.717) is 18.6 Å². The van der Waals surface area contributed by atoms with Gasteiger partial charge in [0.15, 0.2) is 0 Å². The Morgan fingerprint density at radius 3 is 2.22 bits per heavy atom. The molecule has 0 aromatic carbocycles. The predicted molar refractivity (Wildman–Crippen MR) is 35.7 cm³/mol. The van der Waals surface area contributed by atoms with Gasteiger partial charge in [0.2, 0.25) is 0 Å². The molecule has 0 unspecified atom stereocenters. The standard InChI is InChI=1S/C7H15NO/c8-7-3-1-6(5-9)2-4-7/h6-7,9H,1-5,8H2/p+1. The van der Waals surface area contributed by atoms with E-state index in [9.17, 15) is 0 Å². The summed E-state index contributed by atoms with van der Waals surface area (Å²) in [5.74, 6) is 0.586. The Bertz CT molecular complexity index is 77.0. The number of rotatable bonds is 1. The van der Waals surface area contributed by atoms with Crippen molar-refractivity contribution < 1.29 is 10.8 Å². The fourth-order valence-corrected chi connectivity index (χ4v) is 1.41. The molecule has 1 aliphatic rings. The summed E-state index contributed by atoms with van der Waals surface area (Å²) in [4.78, 5) is 0. The van der Waals surface area contributed by atoms with E-state index < -0.39 is 0 Å². The molecular formula is C7H16NO+. The van der Waals surface area contributed by atoms with Crippen molar-refractivity contribution in [1.82, 2.24) is 0 Å². The highest BCUT2D eigenvalue weighted by molar-refractivity contribution is 4.69.